The summed E-state index contributed by atoms with van der Waals surface area (Å²) in [5, 5.41) is 14.3. The van der Waals surface area contributed by atoms with E-state index >= 15 is 0 Å². The standard InChI is InChI=1S/C19H28N2O5/c1-4-9-15(17(22)21-16(18(23)24)13(3)5-2)20-19(25)26-12-14-10-7-6-8-11-14/h6-8,10-11,13,15-16H,4-5,9,12H2,1-3H3,(H,20,25)(H,21,22)(H,23,24)/t13?,15-,16-/m0/s1. The van der Waals surface area contributed by atoms with Crippen LogP contribution in [0.4, 0.5) is 4.79 Å². The lowest BCUT2D eigenvalue weighted by Gasteiger charge is -2.24. The molecule has 1 aromatic rings. The number of aliphatic carboxylic acids is 1. The van der Waals surface area contributed by atoms with Gasteiger partial charge >= 0.3 is 12.1 Å². The van der Waals surface area contributed by atoms with E-state index in [1.54, 1.807) is 6.92 Å². The fourth-order valence-corrected chi connectivity index (χ4v) is 2.40. The van der Waals surface area contributed by atoms with Gasteiger partial charge in [-0.05, 0) is 17.9 Å². The molecule has 0 bridgehead atoms. The second-order valence-electron chi connectivity index (χ2n) is 6.26. The third-order valence-electron chi connectivity index (χ3n) is 4.18. The summed E-state index contributed by atoms with van der Waals surface area (Å²) in [5.41, 5.74) is 0.835. The Balaban J connectivity index is 2.63. The molecular formula is C19H28N2O5. The van der Waals surface area contributed by atoms with Crippen LogP contribution in [0.1, 0.15) is 45.6 Å². The van der Waals surface area contributed by atoms with Crippen LogP contribution in [0.15, 0.2) is 30.3 Å². The van der Waals surface area contributed by atoms with E-state index in [9.17, 15) is 19.5 Å². The Morgan fingerprint density at radius 1 is 1.12 bits per heavy atom. The van der Waals surface area contributed by atoms with Crippen molar-refractivity contribution in [3.05, 3.63) is 35.9 Å². The molecule has 26 heavy (non-hydrogen) atoms. The summed E-state index contributed by atoms with van der Waals surface area (Å²) < 4.78 is 5.13. The number of hydrogen-bond donors (Lipinski definition) is 3. The van der Waals surface area contributed by atoms with Gasteiger partial charge in [-0.25, -0.2) is 9.59 Å². The molecule has 0 spiro atoms. The van der Waals surface area contributed by atoms with Crippen LogP contribution in [0, 0.1) is 5.92 Å². The van der Waals surface area contributed by atoms with Gasteiger partial charge in [-0.15, -0.1) is 0 Å². The van der Waals surface area contributed by atoms with E-state index in [2.05, 4.69) is 10.6 Å². The third-order valence-corrected chi connectivity index (χ3v) is 4.18. The van der Waals surface area contributed by atoms with Crippen LogP contribution >= 0.6 is 0 Å². The van der Waals surface area contributed by atoms with Gasteiger partial charge in [0.05, 0.1) is 0 Å². The minimum Gasteiger partial charge on any atom is -0.480 e. The lowest BCUT2D eigenvalue weighted by Crippen LogP contribution is -2.53. The van der Waals surface area contributed by atoms with Crippen molar-refractivity contribution in [2.24, 2.45) is 5.92 Å². The lowest BCUT2D eigenvalue weighted by atomic mass is 9.98. The minimum atomic E-state index is -1.09. The number of carboxylic acid groups (broad SMARTS) is 1. The van der Waals surface area contributed by atoms with Crippen LogP contribution in [0.2, 0.25) is 0 Å². The van der Waals surface area contributed by atoms with Crippen LogP contribution < -0.4 is 10.6 Å². The Hall–Kier alpha value is -2.57. The second kappa shape index (κ2) is 11.1. The average molecular weight is 364 g/mol. The Bertz CT molecular complexity index is 591. The van der Waals surface area contributed by atoms with Gasteiger partial charge in [-0.2, -0.15) is 0 Å². The van der Waals surface area contributed by atoms with Crippen LogP contribution in [0.5, 0.6) is 0 Å². The van der Waals surface area contributed by atoms with E-state index in [1.807, 2.05) is 44.2 Å². The molecule has 1 unspecified atom stereocenters. The first-order valence-corrected chi connectivity index (χ1v) is 8.89. The largest absolute Gasteiger partial charge is 0.480 e. The van der Waals surface area contributed by atoms with Gasteiger partial charge in [0, 0.05) is 0 Å². The summed E-state index contributed by atoms with van der Waals surface area (Å²) in [6, 6.07) is 7.36. The molecule has 0 aliphatic heterocycles. The third kappa shape index (κ3) is 7.13. The van der Waals surface area contributed by atoms with Crippen LogP contribution in [0.25, 0.3) is 0 Å². The highest BCUT2D eigenvalue weighted by molar-refractivity contribution is 5.89. The molecule has 2 amide bonds. The molecule has 7 nitrogen and oxygen atoms in total. The van der Waals surface area contributed by atoms with E-state index in [1.165, 1.54) is 0 Å². The molecule has 144 valence electrons. The van der Waals surface area contributed by atoms with E-state index < -0.39 is 30.1 Å². The molecular weight excluding hydrogens is 336 g/mol. The summed E-state index contributed by atoms with van der Waals surface area (Å²) in [7, 11) is 0. The quantitative estimate of drug-likeness (QED) is 0.592. The molecule has 3 N–H and O–H groups in total. The van der Waals surface area contributed by atoms with Crippen LogP contribution in [-0.4, -0.2) is 35.2 Å². The zero-order valence-corrected chi connectivity index (χ0v) is 15.5. The summed E-state index contributed by atoms with van der Waals surface area (Å²) in [5.74, 6) is -1.82. The molecule has 0 aliphatic carbocycles. The van der Waals surface area contributed by atoms with Crippen molar-refractivity contribution >= 4 is 18.0 Å². The highest BCUT2D eigenvalue weighted by atomic mass is 16.5. The number of benzene rings is 1. The Morgan fingerprint density at radius 3 is 2.31 bits per heavy atom. The van der Waals surface area contributed by atoms with Crippen molar-refractivity contribution in [1.29, 1.82) is 0 Å². The lowest BCUT2D eigenvalue weighted by molar-refractivity contribution is -0.143. The highest BCUT2D eigenvalue weighted by Gasteiger charge is 2.29. The minimum absolute atomic E-state index is 0.0950. The SMILES string of the molecule is CCC[C@H](NC(=O)OCc1ccccc1)C(=O)N[C@H](C(=O)O)C(C)CC. The van der Waals surface area contributed by atoms with Crippen molar-refractivity contribution in [2.45, 2.75) is 58.7 Å². The van der Waals surface area contributed by atoms with E-state index in [0.717, 1.165) is 5.56 Å². The van der Waals surface area contributed by atoms with Gasteiger partial charge in [0.15, 0.2) is 0 Å². The summed E-state index contributed by atoms with van der Waals surface area (Å²) in [6.07, 6.45) is 0.942. The maximum absolute atomic E-state index is 12.4. The first-order chi connectivity index (χ1) is 12.4. The van der Waals surface area contributed by atoms with E-state index in [-0.39, 0.29) is 12.5 Å². The molecule has 1 rings (SSSR count). The number of alkyl carbamates (subject to hydrolysis) is 1. The topological polar surface area (TPSA) is 105 Å². The smallest absolute Gasteiger partial charge is 0.408 e. The van der Waals surface area contributed by atoms with E-state index in [0.29, 0.717) is 19.3 Å². The predicted octanol–water partition coefficient (Wildman–Crippen LogP) is 2.70. The van der Waals surface area contributed by atoms with Crippen LogP contribution in [0.3, 0.4) is 0 Å². The molecule has 3 atom stereocenters. The van der Waals surface area contributed by atoms with Gasteiger partial charge in [0.25, 0.3) is 0 Å². The Kier molecular flexibility index (Phi) is 9.19. The van der Waals surface area contributed by atoms with Gasteiger partial charge in [0.2, 0.25) is 5.91 Å². The first-order valence-electron chi connectivity index (χ1n) is 8.89. The van der Waals surface area contributed by atoms with Crippen molar-refractivity contribution < 1.29 is 24.2 Å². The number of carboxylic acids is 1. The number of rotatable bonds is 10. The zero-order valence-electron chi connectivity index (χ0n) is 15.5. The number of carbonyl (C=O) groups excluding carboxylic acids is 2. The molecule has 0 radical (unpaired) electrons. The maximum atomic E-state index is 12.4. The molecule has 0 saturated heterocycles. The molecule has 0 aromatic heterocycles. The number of carbonyl (C=O) groups is 3. The fourth-order valence-electron chi connectivity index (χ4n) is 2.40. The summed E-state index contributed by atoms with van der Waals surface area (Å²) in [6.45, 7) is 5.59. The maximum Gasteiger partial charge on any atom is 0.408 e. The average Bonchev–Trinajstić information content (AvgIpc) is 2.63. The van der Waals surface area contributed by atoms with Gasteiger partial charge in [-0.3, -0.25) is 4.79 Å². The van der Waals surface area contributed by atoms with Crippen molar-refractivity contribution in [1.82, 2.24) is 10.6 Å². The van der Waals surface area contributed by atoms with Crippen molar-refractivity contribution in [3.8, 4) is 0 Å². The molecule has 0 heterocycles. The fraction of sp³-hybridized carbons (Fsp3) is 0.526. The summed E-state index contributed by atoms with van der Waals surface area (Å²) >= 11 is 0. The van der Waals surface area contributed by atoms with Gasteiger partial charge < -0.3 is 20.5 Å². The number of ether oxygens (including phenoxy) is 1. The molecule has 0 fully saturated rings. The summed E-state index contributed by atoms with van der Waals surface area (Å²) in [4.78, 5) is 35.8. The second-order valence-corrected chi connectivity index (χ2v) is 6.26. The monoisotopic (exact) mass is 364 g/mol. The predicted molar refractivity (Wildman–Crippen MR) is 97.5 cm³/mol. The molecule has 1 aromatic carbocycles. The Labute approximate surface area is 154 Å². The number of hydrogen-bond acceptors (Lipinski definition) is 4. The van der Waals surface area contributed by atoms with Gasteiger partial charge in [-0.1, -0.05) is 63.9 Å². The van der Waals surface area contributed by atoms with Crippen LogP contribution in [-0.2, 0) is 20.9 Å². The van der Waals surface area contributed by atoms with Crippen molar-refractivity contribution in [2.75, 3.05) is 0 Å². The molecule has 7 heteroatoms. The molecule has 0 saturated carbocycles. The highest BCUT2D eigenvalue weighted by Crippen LogP contribution is 2.09. The first kappa shape index (κ1) is 21.5. The number of amides is 2. The Morgan fingerprint density at radius 2 is 1.77 bits per heavy atom. The zero-order chi connectivity index (χ0) is 19.5. The van der Waals surface area contributed by atoms with E-state index in [4.69, 9.17) is 4.74 Å². The number of nitrogens with one attached hydrogen (secondary N) is 2. The van der Waals surface area contributed by atoms with Gasteiger partial charge in [0.1, 0.15) is 18.7 Å². The van der Waals surface area contributed by atoms with Crippen molar-refractivity contribution in [3.63, 3.8) is 0 Å². The normalized spacial score (nSPS) is 14.0. The molecule has 0 aliphatic rings.